The third-order valence-corrected chi connectivity index (χ3v) is 3.39. The first-order valence-corrected chi connectivity index (χ1v) is 6.60. The van der Waals surface area contributed by atoms with Gasteiger partial charge in [-0.15, -0.1) is 0 Å². The van der Waals surface area contributed by atoms with Crippen LogP contribution in [0, 0.1) is 0 Å². The minimum atomic E-state index is -0.374. The van der Waals surface area contributed by atoms with Gasteiger partial charge in [-0.05, 0) is 30.3 Å². The zero-order chi connectivity index (χ0) is 14.1. The van der Waals surface area contributed by atoms with Crippen molar-refractivity contribution in [3.8, 4) is 0 Å². The zero-order valence-corrected chi connectivity index (χ0v) is 11.7. The molecule has 1 amide bonds. The number of nitrogens with zero attached hydrogens (tertiary/aromatic N) is 2. The number of hydrogen-bond acceptors (Lipinski definition) is 2. The largest absolute Gasteiger partial charge is 0.320 e. The highest BCUT2D eigenvalue weighted by molar-refractivity contribution is 6.37. The summed E-state index contributed by atoms with van der Waals surface area (Å²) in [6.45, 7) is 0. The Kier molecular flexibility index (Phi) is 3.34. The summed E-state index contributed by atoms with van der Waals surface area (Å²) < 4.78 is 1.56. The highest BCUT2D eigenvalue weighted by Crippen LogP contribution is 2.23. The molecule has 2 heterocycles. The monoisotopic (exact) mass is 305 g/mol. The Morgan fingerprint density at radius 2 is 2.00 bits per heavy atom. The molecular weight excluding hydrogens is 297 g/mol. The van der Waals surface area contributed by atoms with E-state index in [1.807, 2.05) is 12.1 Å². The van der Waals surface area contributed by atoms with Crippen LogP contribution in [0.4, 0.5) is 5.69 Å². The molecule has 0 unspecified atom stereocenters. The van der Waals surface area contributed by atoms with E-state index in [2.05, 4.69) is 10.4 Å². The zero-order valence-electron chi connectivity index (χ0n) is 10.2. The number of nitrogens with one attached hydrogen (secondary N) is 1. The van der Waals surface area contributed by atoms with Crippen LogP contribution in [-0.2, 0) is 0 Å². The summed E-state index contributed by atoms with van der Waals surface area (Å²) >= 11 is 12.1. The average molecular weight is 306 g/mol. The van der Waals surface area contributed by atoms with Crippen LogP contribution in [0.15, 0.2) is 48.7 Å². The Bertz CT molecular complexity index is 798. The first-order valence-electron chi connectivity index (χ1n) is 5.85. The van der Waals surface area contributed by atoms with E-state index in [4.69, 9.17) is 23.2 Å². The van der Waals surface area contributed by atoms with Gasteiger partial charge in [0.2, 0.25) is 0 Å². The molecule has 0 spiro atoms. The van der Waals surface area contributed by atoms with Crippen LogP contribution in [0.2, 0.25) is 10.0 Å². The van der Waals surface area contributed by atoms with Crippen molar-refractivity contribution >= 4 is 40.3 Å². The summed E-state index contributed by atoms with van der Waals surface area (Å²) in [7, 11) is 0. The molecule has 0 aliphatic heterocycles. The fourth-order valence-corrected chi connectivity index (χ4v) is 2.33. The Balaban J connectivity index is 1.95. The Hall–Kier alpha value is -2.04. The van der Waals surface area contributed by atoms with Crippen LogP contribution in [0.3, 0.4) is 0 Å². The molecule has 1 N–H and O–H groups in total. The number of anilines is 1. The van der Waals surface area contributed by atoms with Crippen molar-refractivity contribution in [2.24, 2.45) is 0 Å². The summed E-state index contributed by atoms with van der Waals surface area (Å²) in [5.41, 5.74) is 1.46. The molecule has 0 bridgehead atoms. The van der Waals surface area contributed by atoms with Gasteiger partial charge in [-0.3, -0.25) is 4.79 Å². The van der Waals surface area contributed by atoms with Crippen LogP contribution < -0.4 is 5.32 Å². The van der Waals surface area contributed by atoms with E-state index in [9.17, 15) is 4.79 Å². The topological polar surface area (TPSA) is 46.4 Å². The van der Waals surface area contributed by atoms with Gasteiger partial charge in [0.25, 0.3) is 5.91 Å². The Morgan fingerprint density at radius 3 is 2.75 bits per heavy atom. The predicted molar refractivity (Wildman–Crippen MR) is 79.6 cm³/mol. The van der Waals surface area contributed by atoms with Gasteiger partial charge in [-0.1, -0.05) is 35.3 Å². The number of halogens is 2. The molecule has 3 rings (SSSR count). The van der Waals surface area contributed by atoms with E-state index in [1.165, 1.54) is 0 Å². The van der Waals surface area contributed by atoms with Crippen molar-refractivity contribution in [1.29, 1.82) is 0 Å². The number of aromatic nitrogens is 2. The molecular formula is C14H9Cl2N3O. The van der Waals surface area contributed by atoms with Crippen LogP contribution >= 0.6 is 23.2 Å². The van der Waals surface area contributed by atoms with Crippen LogP contribution in [0.25, 0.3) is 5.52 Å². The van der Waals surface area contributed by atoms with Gasteiger partial charge in [0.05, 0.1) is 10.5 Å². The molecule has 0 radical (unpaired) electrons. The number of pyridine rings is 1. The standard InChI is InChI=1S/C14H9Cl2N3O/c15-9-4-3-5-10(8-9)17-14(20)13-12(16)11-6-1-2-7-19(11)18-13/h1-8H,(H,17,20). The molecule has 0 saturated heterocycles. The molecule has 0 atom stereocenters. The second-order valence-corrected chi connectivity index (χ2v) is 4.97. The maximum atomic E-state index is 12.2. The predicted octanol–water partition coefficient (Wildman–Crippen LogP) is 3.89. The lowest BCUT2D eigenvalue weighted by molar-refractivity contribution is 0.102. The number of amides is 1. The fraction of sp³-hybridized carbons (Fsp3) is 0. The van der Waals surface area contributed by atoms with Crippen molar-refractivity contribution in [2.75, 3.05) is 5.32 Å². The first-order chi connectivity index (χ1) is 9.65. The molecule has 1 aromatic carbocycles. The van der Waals surface area contributed by atoms with Crippen LogP contribution in [-0.4, -0.2) is 15.5 Å². The number of rotatable bonds is 2. The Labute approximate surface area is 124 Å². The van der Waals surface area contributed by atoms with Crippen LogP contribution in [0.5, 0.6) is 0 Å². The normalized spacial score (nSPS) is 10.7. The highest BCUT2D eigenvalue weighted by Gasteiger charge is 2.17. The summed E-state index contributed by atoms with van der Waals surface area (Å²) in [4.78, 5) is 12.2. The quantitative estimate of drug-likeness (QED) is 0.780. The van der Waals surface area contributed by atoms with E-state index in [1.54, 1.807) is 41.0 Å². The third-order valence-electron chi connectivity index (χ3n) is 2.78. The first kappa shape index (κ1) is 13.0. The maximum absolute atomic E-state index is 12.2. The van der Waals surface area contributed by atoms with Crippen molar-refractivity contribution in [3.05, 3.63) is 64.4 Å². The van der Waals surface area contributed by atoms with Crippen molar-refractivity contribution in [1.82, 2.24) is 9.61 Å². The number of benzene rings is 1. The van der Waals surface area contributed by atoms with E-state index in [-0.39, 0.29) is 11.6 Å². The minimum Gasteiger partial charge on any atom is -0.320 e. The molecule has 0 fully saturated rings. The van der Waals surface area contributed by atoms with Crippen molar-refractivity contribution in [3.63, 3.8) is 0 Å². The second-order valence-electron chi connectivity index (χ2n) is 4.16. The van der Waals surface area contributed by atoms with Gasteiger partial charge in [0.1, 0.15) is 0 Å². The molecule has 0 saturated carbocycles. The van der Waals surface area contributed by atoms with E-state index < -0.39 is 0 Å². The summed E-state index contributed by atoms with van der Waals surface area (Å²) in [6, 6.07) is 12.3. The van der Waals surface area contributed by atoms with Gasteiger partial charge in [0, 0.05) is 16.9 Å². The fourth-order valence-electron chi connectivity index (χ4n) is 1.87. The second kappa shape index (κ2) is 5.15. The van der Waals surface area contributed by atoms with E-state index in [0.29, 0.717) is 21.2 Å². The maximum Gasteiger partial charge on any atom is 0.277 e. The Morgan fingerprint density at radius 1 is 1.15 bits per heavy atom. The van der Waals surface area contributed by atoms with Crippen LogP contribution in [0.1, 0.15) is 10.5 Å². The minimum absolute atomic E-state index is 0.179. The summed E-state index contributed by atoms with van der Waals surface area (Å²) in [6.07, 6.45) is 1.73. The van der Waals surface area contributed by atoms with Gasteiger partial charge in [-0.25, -0.2) is 4.52 Å². The number of carbonyl (C=O) groups is 1. The molecule has 6 heteroatoms. The summed E-state index contributed by atoms with van der Waals surface area (Å²) in [5, 5.41) is 7.76. The average Bonchev–Trinajstić information content (AvgIpc) is 2.77. The molecule has 20 heavy (non-hydrogen) atoms. The number of carbonyl (C=O) groups excluding carboxylic acids is 1. The highest BCUT2D eigenvalue weighted by atomic mass is 35.5. The summed E-state index contributed by atoms with van der Waals surface area (Å²) in [5.74, 6) is -0.374. The van der Waals surface area contributed by atoms with Gasteiger partial charge in [-0.2, -0.15) is 5.10 Å². The smallest absolute Gasteiger partial charge is 0.277 e. The molecule has 0 aliphatic rings. The molecule has 0 aliphatic carbocycles. The third kappa shape index (κ3) is 2.35. The molecule has 2 aromatic heterocycles. The number of fused-ring (bicyclic) bond motifs is 1. The van der Waals surface area contributed by atoms with E-state index in [0.717, 1.165) is 0 Å². The van der Waals surface area contributed by atoms with Crippen molar-refractivity contribution < 1.29 is 4.79 Å². The molecule has 3 aromatic rings. The molecule has 100 valence electrons. The number of hydrogen-bond donors (Lipinski definition) is 1. The van der Waals surface area contributed by atoms with Gasteiger partial charge < -0.3 is 5.32 Å². The van der Waals surface area contributed by atoms with Crippen molar-refractivity contribution in [2.45, 2.75) is 0 Å². The molecule has 4 nitrogen and oxygen atoms in total. The van der Waals surface area contributed by atoms with Gasteiger partial charge in [0.15, 0.2) is 5.69 Å². The lowest BCUT2D eigenvalue weighted by Crippen LogP contribution is -2.13. The lowest BCUT2D eigenvalue weighted by Gasteiger charge is -2.03. The SMILES string of the molecule is O=C(Nc1cccc(Cl)c1)c1nn2ccccc2c1Cl. The van der Waals surface area contributed by atoms with E-state index >= 15 is 0 Å². The lowest BCUT2D eigenvalue weighted by atomic mass is 10.3. The van der Waals surface area contributed by atoms with Gasteiger partial charge >= 0.3 is 0 Å².